The van der Waals surface area contributed by atoms with E-state index in [4.69, 9.17) is 0 Å². The topological polar surface area (TPSA) is 32.3 Å². The molecule has 0 bridgehead atoms. The fraction of sp³-hybridized carbons (Fsp3) is 0.923. The van der Waals surface area contributed by atoms with Crippen molar-refractivity contribution in [2.75, 3.05) is 26.2 Å². The Bertz CT molecular complexity index is 275. The van der Waals surface area contributed by atoms with Crippen molar-refractivity contribution in [1.29, 1.82) is 0 Å². The minimum Gasteiger partial charge on any atom is -0.342 e. The Morgan fingerprint density at radius 2 is 1.65 bits per heavy atom. The lowest BCUT2D eigenvalue weighted by Gasteiger charge is -2.44. The normalized spacial score (nSPS) is 27.6. The Morgan fingerprint density at radius 3 is 2.18 bits per heavy atom. The van der Waals surface area contributed by atoms with Crippen LogP contribution in [0.4, 0.5) is 0 Å². The number of rotatable bonds is 1. The molecule has 1 amide bonds. The quantitative estimate of drug-likeness (QED) is 0.778. The van der Waals surface area contributed by atoms with Gasteiger partial charge in [0.15, 0.2) is 0 Å². The molecule has 0 aromatic rings. The maximum absolute atomic E-state index is 11.9. The number of nitrogens with zero attached hydrogens (tertiary/aromatic N) is 1. The fourth-order valence-electron chi connectivity index (χ4n) is 3.25. The van der Waals surface area contributed by atoms with Crippen LogP contribution in [-0.4, -0.2) is 37.0 Å². The van der Waals surface area contributed by atoms with E-state index in [0.29, 0.717) is 17.2 Å². The van der Waals surface area contributed by atoms with E-state index in [1.165, 1.54) is 38.8 Å². The number of likely N-dealkylation sites (tertiary alicyclic amines) is 1. The largest absolute Gasteiger partial charge is 0.342 e. The molecule has 1 saturated carbocycles. The molecule has 2 aliphatic heterocycles. The zero-order valence-electron chi connectivity index (χ0n) is 10.4. The first kappa shape index (κ1) is 13.2. The van der Waals surface area contributed by atoms with Gasteiger partial charge < -0.3 is 10.2 Å². The van der Waals surface area contributed by atoms with Crippen molar-refractivity contribution in [2.24, 2.45) is 11.3 Å². The molecule has 98 valence electrons. The van der Waals surface area contributed by atoms with Crippen molar-refractivity contribution < 1.29 is 4.79 Å². The first-order valence-electron chi connectivity index (χ1n) is 6.79. The standard InChI is InChI=1S/C13H22N2O.ClH/c16-12(11-1-2-11)15-9-5-13(6-10-15)3-7-14-8-4-13;/h11,14H,1-10H2;1H. The first-order chi connectivity index (χ1) is 7.79. The second-order valence-electron chi connectivity index (χ2n) is 5.85. The third kappa shape index (κ3) is 2.76. The molecular formula is C13H23ClN2O. The molecule has 0 radical (unpaired) electrons. The van der Waals surface area contributed by atoms with Gasteiger partial charge in [0, 0.05) is 19.0 Å². The Balaban J connectivity index is 0.00000108. The van der Waals surface area contributed by atoms with E-state index in [-0.39, 0.29) is 12.4 Å². The molecule has 2 saturated heterocycles. The highest BCUT2D eigenvalue weighted by Gasteiger charge is 2.40. The van der Waals surface area contributed by atoms with E-state index in [1.54, 1.807) is 0 Å². The fourth-order valence-corrected chi connectivity index (χ4v) is 3.25. The summed E-state index contributed by atoms with van der Waals surface area (Å²) in [7, 11) is 0. The average Bonchev–Trinajstić information content (AvgIpc) is 3.14. The lowest BCUT2D eigenvalue weighted by molar-refractivity contribution is -0.135. The van der Waals surface area contributed by atoms with E-state index < -0.39 is 0 Å². The molecule has 3 fully saturated rings. The van der Waals surface area contributed by atoms with Crippen LogP contribution in [0.15, 0.2) is 0 Å². The van der Waals surface area contributed by atoms with Gasteiger partial charge in [0.25, 0.3) is 0 Å². The molecule has 0 unspecified atom stereocenters. The molecule has 1 N–H and O–H groups in total. The van der Waals surface area contributed by atoms with Gasteiger partial charge in [-0.1, -0.05) is 0 Å². The summed E-state index contributed by atoms with van der Waals surface area (Å²) in [6.07, 6.45) is 7.41. The van der Waals surface area contributed by atoms with Crippen molar-refractivity contribution >= 4 is 18.3 Å². The van der Waals surface area contributed by atoms with Crippen LogP contribution in [0.2, 0.25) is 0 Å². The van der Waals surface area contributed by atoms with Gasteiger partial charge in [-0.25, -0.2) is 0 Å². The average molecular weight is 259 g/mol. The monoisotopic (exact) mass is 258 g/mol. The third-order valence-electron chi connectivity index (χ3n) is 4.73. The highest BCUT2D eigenvalue weighted by atomic mass is 35.5. The molecule has 4 heteroatoms. The molecule has 0 aromatic carbocycles. The molecule has 0 aromatic heterocycles. The van der Waals surface area contributed by atoms with Gasteiger partial charge in [0.05, 0.1) is 0 Å². The zero-order chi connectivity index (χ0) is 11.0. The van der Waals surface area contributed by atoms with Crippen LogP contribution >= 0.6 is 12.4 Å². The van der Waals surface area contributed by atoms with E-state index in [2.05, 4.69) is 10.2 Å². The molecule has 1 spiro atoms. The van der Waals surface area contributed by atoms with Crippen molar-refractivity contribution in [3.63, 3.8) is 0 Å². The van der Waals surface area contributed by atoms with E-state index in [9.17, 15) is 4.79 Å². The Kier molecular flexibility index (Phi) is 3.99. The van der Waals surface area contributed by atoms with Gasteiger partial charge in [-0.2, -0.15) is 0 Å². The number of halogens is 1. The maximum Gasteiger partial charge on any atom is 0.225 e. The number of hydrogen-bond acceptors (Lipinski definition) is 2. The number of carbonyl (C=O) groups is 1. The molecule has 17 heavy (non-hydrogen) atoms. The lowest BCUT2D eigenvalue weighted by atomic mass is 9.71. The Morgan fingerprint density at radius 1 is 1.06 bits per heavy atom. The van der Waals surface area contributed by atoms with E-state index >= 15 is 0 Å². The summed E-state index contributed by atoms with van der Waals surface area (Å²) in [4.78, 5) is 14.1. The summed E-state index contributed by atoms with van der Waals surface area (Å²) in [6.45, 7) is 4.40. The van der Waals surface area contributed by atoms with Crippen LogP contribution in [0.3, 0.4) is 0 Å². The second kappa shape index (κ2) is 5.15. The zero-order valence-corrected chi connectivity index (χ0v) is 11.2. The minimum absolute atomic E-state index is 0. The van der Waals surface area contributed by atoms with Crippen molar-refractivity contribution in [1.82, 2.24) is 10.2 Å². The summed E-state index contributed by atoms with van der Waals surface area (Å²) >= 11 is 0. The highest BCUT2D eigenvalue weighted by molar-refractivity contribution is 5.85. The number of carbonyl (C=O) groups excluding carboxylic acids is 1. The van der Waals surface area contributed by atoms with Crippen LogP contribution < -0.4 is 5.32 Å². The summed E-state index contributed by atoms with van der Waals surface area (Å²) in [5, 5.41) is 3.44. The third-order valence-corrected chi connectivity index (χ3v) is 4.73. The first-order valence-corrected chi connectivity index (χ1v) is 6.79. The Labute approximate surface area is 110 Å². The summed E-state index contributed by atoms with van der Waals surface area (Å²) < 4.78 is 0. The van der Waals surface area contributed by atoms with Gasteiger partial charge in [0.1, 0.15) is 0 Å². The van der Waals surface area contributed by atoms with Gasteiger partial charge in [-0.05, 0) is 57.0 Å². The summed E-state index contributed by atoms with van der Waals surface area (Å²) in [5.74, 6) is 0.853. The summed E-state index contributed by atoms with van der Waals surface area (Å²) in [5.41, 5.74) is 0.575. The van der Waals surface area contributed by atoms with Gasteiger partial charge in [0.2, 0.25) is 5.91 Å². The van der Waals surface area contributed by atoms with Crippen LogP contribution in [0, 0.1) is 11.3 Å². The predicted molar refractivity (Wildman–Crippen MR) is 70.3 cm³/mol. The van der Waals surface area contributed by atoms with Crippen molar-refractivity contribution in [3.8, 4) is 0 Å². The van der Waals surface area contributed by atoms with E-state index in [0.717, 1.165) is 25.9 Å². The van der Waals surface area contributed by atoms with Gasteiger partial charge >= 0.3 is 0 Å². The van der Waals surface area contributed by atoms with Gasteiger partial charge in [-0.3, -0.25) is 4.79 Å². The van der Waals surface area contributed by atoms with Crippen LogP contribution in [0.1, 0.15) is 38.5 Å². The summed E-state index contributed by atoms with van der Waals surface area (Å²) in [6, 6.07) is 0. The van der Waals surface area contributed by atoms with Crippen molar-refractivity contribution in [3.05, 3.63) is 0 Å². The predicted octanol–water partition coefficient (Wildman–Crippen LogP) is 1.81. The van der Waals surface area contributed by atoms with Crippen LogP contribution in [-0.2, 0) is 4.79 Å². The number of nitrogens with one attached hydrogen (secondary N) is 1. The maximum atomic E-state index is 11.9. The lowest BCUT2D eigenvalue weighted by Crippen LogP contribution is -2.47. The van der Waals surface area contributed by atoms with E-state index in [1.807, 2.05) is 0 Å². The second-order valence-corrected chi connectivity index (χ2v) is 5.85. The SMILES string of the molecule is Cl.O=C(C1CC1)N1CCC2(CCNCC2)CC1. The number of piperidine rings is 2. The molecule has 3 rings (SSSR count). The molecule has 3 nitrogen and oxygen atoms in total. The van der Waals surface area contributed by atoms with Crippen LogP contribution in [0.5, 0.6) is 0 Å². The molecule has 1 aliphatic carbocycles. The van der Waals surface area contributed by atoms with Crippen molar-refractivity contribution in [2.45, 2.75) is 38.5 Å². The van der Waals surface area contributed by atoms with Gasteiger partial charge in [-0.15, -0.1) is 12.4 Å². The molecule has 2 heterocycles. The molecule has 0 atom stereocenters. The number of hydrogen-bond donors (Lipinski definition) is 1. The molecular weight excluding hydrogens is 236 g/mol. The molecule has 3 aliphatic rings. The highest BCUT2D eigenvalue weighted by Crippen LogP contribution is 2.41. The smallest absolute Gasteiger partial charge is 0.225 e. The Hall–Kier alpha value is -0.280. The number of amides is 1. The van der Waals surface area contributed by atoms with Crippen LogP contribution in [0.25, 0.3) is 0 Å². The minimum atomic E-state index is 0.